The Hall–Kier alpha value is -4.57. The van der Waals surface area contributed by atoms with E-state index in [1.807, 2.05) is 13.8 Å². The Labute approximate surface area is 221 Å². The highest BCUT2D eigenvalue weighted by molar-refractivity contribution is 7.22. The minimum absolute atomic E-state index is 0.0813. The highest BCUT2D eigenvalue weighted by atomic mass is 32.1. The summed E-state index contributed by atoms with van der Waals surface area (Å²) in [5, 5.41) is 20.9. The topological polar surface area (TPSA) is 130 Å². The van der Waals surface area contributed by atoms with Crippen LogP contribution in [-0.4, -0.2) is 44.4 Å². The SMILES string of the molecule is CCCOc1ccc(/C(O)=C2\C(=O)C(=O)N(c3nc4ccc(C(=O)O)cc4s3)C2c2ccccn2)cc1C. The number of Topliss-reactive ketones (excluding diaryl/α,β-unsaturated/α-hetero) is 1. The van der Waals surface area contributed by atoms with Crippen molar-refractivity contribution in [3.05, 3.63) is 88.8 Å². The van der Waals surface area contributed by atoms with Crippen LogP contribution in [0.4, 0.5) is 5.13 Å². The number of anilines is 1. The fourth-order valence-corrected chi connectivity index (χ4v) is 5.35. The second-order valence-corrected chi connectivity index (χ2v) is 9.75. The molecule has 1 aliphatic heterocycles. The van der Waals surface area contributed by atoms with Gasteiger partial charge in [-0.15, -0.1) is 0 Å². The Morgan fingerprint density at radius 1 is 1.08 bits per heavy atom. The summed E-state index contributed by atoms with van der Waals surface area (Å²) in [5.74, 6) is -2.48. The first-order valence-corrected chi connectivity index (χ1v) is 12.7. The Morgan fingerprint density at radius 3 is 2.55 bits per heavy atom. The molecule has 2 aromatic heterocycles. The fraction of sp³-hybridized carbons (Fsp3) is 0.179. The van der Waals surface area contributed by atoms with Gasteiger partial charge in [0.25, 0.3) is 5.78 Å². The molecule has 4 aromatic rings. The van der Waals surface area contributed by atoms with Crippen LogP contribution in [-0.2, 0) is 9.59 Å². The summed E-state index contributed by atoms with van der Waals surface area (Å²) in [6, 6.07) is 13.6. The maximum Gasteiger partial charge on any atom is 0.335 e. The molecule has 5 rings (SSSR count). The molecule has 0 radical (unpaired) electrons. The number of pyridine rings is 1. The van der Waals surface area contributed by atoms with E-state index in [-0.39, 0.29) is 22.0 Å². The number of rotatable bonds is 7. The molecule has 1 saturated heterocycles. The molecule has 1 atom stereocenters. The summed E-state index contributed by atoms with van der Waals surface area (Å²) in [7, 11) is 0. The van der Waals surface area contributed by atoms with E-state index in [4.69, 9.17) is 4.74 Å². The second kappa shape index (κ2) is 10.1. The number of hydrogen-bond acceptors (Lipinski definition) is 8. The monoisotopic (exact) mass is 529 g/mol. The molecule has 10 heteroatoms. The van der Waals surface area contributed by atoms with Crippen molar-refractivity contribution in [1.29, 1.82) is 0 Å². The van der Waals surface area contributed by atoms with Gasteiger partial charge in [0.2, 0.25) is 0 Å². The van der Waals surface area contributed by atoms with Gasteiger partial charge in [0, 0.05) is 11.8 Å². The molecule has 0 aliphatic carbocycles. The number of thiazole rings is 1. The lowest BCUT2D eigenvalue weighted by Gasteiger charge is -2.22. The minimum atomic E-state index is -1.09. The predicted molar refractivity (Wildman–Crippen MR) is 143 cm³/mol. The van der Waals surface area contributed by atoms with Crippen LogP contribution < -0.4 is 9.64 Å². The number of aryl methyl sites for hydroxylation is 1. The number of nitrogens with zero attached hydrogens (tertiary/aromatic N) is 3. The van der Waals surface area contributed by atoms with Crippen molar-refractivity contribution in [3.63, 3.8) is 0 Å². The van der Waals surface area contributed by atoms with E-state index in [0.717, 1.165) is 23.3 Å². The molecule has 3 heterocycles. The van der Waals surface area contributed by atoms with Crippen molar-refractivity contribution in [3.8, 4) is 5.75 Å². The summed E-state index contributed by atoms with van der Waals surface area (Å²) < 4.78 is 6.26. The number of ketones is 1. The summed E-state index contributed by atoms with van der Waals surface area (Å²) >= 11 is 1.08. The Morgan fingerprint density at radius 2 is 1.87 bits per heavy atom. The van der Waals surface area contributed by atoms with Gasteiger partial charge in [-0.05, 0) is 67.4 Å². The first-order chi connectivity index (χ1) is 18.3. The average molecular weight is 530 g/mol. The van der Waals surface area contributed by atoms with Gasteiger partial charge >= 0.3 is 11.9 Å². The third-order valence-corrected chi connectivity index (χ3v) is 7.17. The molecule has 1 aliphatic rings. The van der Waals surface area contributed by atoms with E-state index in [0.29, 0.717) is 33.8 Å². The molecule has 1 fully saturated rings. The molecule has 0 bridgehead atoms. The van der Waals surface area contributed by atoms with Gasteiger partial charge in [-0.3, -0.25) is 19.5 Å². The van der Waals surface area contributed by atoms with Gasteiger partial charge in [-0.2, -0.15) is 0 Å². The molecular weight excluding hydrogens is 506 g/mol. The van der Waals surface area contributed by atoms with Crippen molar-refractivity contribution in [2.24, 2.45) is 0 Å². The van der Waals surface area contributed by atoms with Crippen LogP contribution >= 0.6 is 11.3 Å². The van der Waals surface area contributed by atoms with Crippen molar-refractivity contribution in [2.75, 3.05) is 11.5 Å². The van der Waals surface area contributed by atoms with Crippen LogP contribution in [0.2, 0.25) is 0 Å². The number of carboxylic acids is 1. The first-order valence-electron chi connectivity index (χ1n) is 11.9. The van der Waals surface area contributed by atoms with Crippen LogP contribution in [0.3, 0.4) is 0 Å². The number of aliphatic hydroxyl groups excluding tert-OH is 1. The molecule has 9 nitrogen and oxygen atoms in total. The summed E-state index contributed by atoms with van der Waals surface area (Å²) in [4.78, 5) is 48.3. The lowest BCUT2D eigenvalue weighted by molar-refractivity contribution is -0.132. The minimum Gasteiger partial charge on any atom is -0.507 e. The Bertz CT molecular complexity index is 1610. The van der Waals surface area contributed by atoms with E-state index >= 15 is 0 Å². The third kappa shape index (κ3) is 4.39. The number of aliphatic hydroxyl groups is 1. The van der Waals surface area contributed by atoms with Crippen LogP contribution in [0.25, 0.3) is 16.0 Å². The van der Waals surface area contributed by atoms with Crippen molar-refractivity contribution < 1.29 is 29.3 Å². The maximum atomic E-state index is 13.4. The van der Waals surface area contributed by atoms with Crippen molar-refractivity contribution >= 4 is 50.1 Å². The molecule has 2 aromatic carbocycles. The zero-order valence-electron chi connectivity index (χ0n) is 20.5. The normalized spacial score (nSPS) is 16.8. The quantitative estimate of drug-likeness (QED) is 0.192. The maximum absolute atomic E-state index is 13.4. The second-order valence-electron chi connectivity index (χ2n) is 8.74. The molecule has 0 spiro atoms. The van der Waals surface area contributed by atoms with Crippen LogP contribution in [0.15, 0.2) is 66.4 Å². The van der Waals surface area contributed by atoms with Gasteiger partial charge in [-0.1, -0.05) is 24.3 Å². The number of aromatic carboxylic acids is 1. The molecular formula is C28H23N3O6S. The number of amides is 1. The number of carbonyl (C=O) groups is 3. The molecule has 1 amide bonds. The largest absolute Gasteiger partial charge is 0.507 e. The zero-order chi connectivity index (χ0) is 27.0. The summed E-state index contributed by atoms with van der Waals surface area (Å²) in [6.07, 6.45) is 2.38. The Balaban J connectivity index is 1.65. The number of aromatic nitrogens is 2. The molecule has 192 valence electrons. The van der Waals surface area contributed by atoms with E-state index in [1.165, 1.54) is 23.2 Å². The number of carboxylic acid groups (broad SMARTS) is 1. The molecule has 2 N–H and O–H groups in total. The van der Waals surface area contributed by atoms with Gasteiger partial charge in [0.15, 0.2) is 5.13 Å². The van der Waals surface area contributed by atoms with E-state index in [1.54, 1.807) is 42.5 Å². The smallest absolute Gasteiger partial charge is 0.335 e. The zero-order valence-corrected chi connectivity index (χ0v) is 21.4. The number of hydrogen-bond donors (Lipinski definition) is 2. The van der Waals surface area contributed by atoms with Gasteiger partial charge in [0.1, 0.15) is 17.6 Å². The highest BCUT2D eigenvalue weighted by Gasteiger charge is 2.48. The highest BCUT2D eigenvalue weighted by Crippen LogP contribution is 2.44. The van der Waals surface area contributed by atoms with E-state index < -0.39 is 23.7 Å². The standard InChI is InChI=1S/C28H23N3O6S/c1-3-12-37-20-10-8-16(13-15(20)2)24(32)22-23(19-6-4-5-11-29-19)31(26(34)25(22)33)28-30-18-9-7-17(27(35)36)14-21(18)38-28/h4-11,13-14,23,32H,3,12H2,1-2H3,(H,35,36)/b24-22+. The Kier molecular flexibility index (Phi) is 6.64. The number of fused-ring (bicyclic) bond motifs is 1. The van der Waals surface area contributed by atoms with E-state index in [9.17, 15) is 24.6 Å². The fourth-order valence-electron chi connectivity index (χ4n) is 4.32. The van der Waals surface area contributed by atoms with Gasteiger partial charge < -0.3 is 14.9 Å². The molecule has 38 heavy (non-hydrogen) atoms. The van der Waals surface area contributed by atoms with E-state index in [2.05, 4.69) is 9.97 Å². The van der Waals surface area contributed by atoms with Gasteiger partial charge in [0.05, 0.1) is 33.7 Å². The summed E-state index contributed by atoms with van der Waals surface area (Å²) in [5.41, 5.74) is 1.96. The number of ether oxygens (including phenoxy) is 1. The van der Waals surface area contributed by atoms with Crippen molar-refractivity contribution in [2.45, 2.75) is 26.3 Å². The first kappa shape index (κ1) is 25.1. The van der Waals surface area contributed by atoms with Crippen molar-refractivity contribution in [1.82, 2.24) is 9.97 Å². The lowest BCUT2D eigenvalue weighted by atomic mass is 9.97. The number of carbonyl (C=O) groups excluding carboxylic acids is 2. The lowest BCUT2D eigenvalue weighted by Crippen LogP contribution is -2.29. The van der Waals surface area contributed by atoms with Crippen LogP contribution in [0.1, 0.15) is 46.6 Å². The molecule has 0 saturated carbocycles. The number of benzene rings is 2. The summed E-state index contributed by atoms with van der Waals surface area (Å²) in [6.45, 7) is 4.39. The van der Waals surface area contributed by atoms with Crippen LogP contribution in [0, 0.1) is 6.92 Å². The average Bonchev–Trinajstić information content (AvgIpc) is 3.45. The van der Waals surface area contributed by atoms with Crippen LogP contribution in [0.5, 0.6) is 5.75 Å². The third-order valence-electron chi connectivity index (χ3n) is 6.15. The predicted octanol–water partition coefficient (Wildman–Crippen LogP) is 5.11. The molecule has 1 unspecified atom stereocenters. The van der Waals surface area contributed by atoms with Gasteiger partial charge in [-0.25, -0.2) is 9.78 Å².